The lowest BCUT2D eigenvalue weighted by molar-refractivity contribution is -0.122. The van der Waals surface area contributed by atoms with Crippen molar-refractivity contribution in [1.29, 1.82) is 0 Å². The van der Waals surface area contributed by atoms with Gasteiger partial charge in [-0.3, -0.25) is 9.59 Å². The van der Waals surface area contributed by atoms with Crippen LogP contribution in [-0.2, 0) is 27.2 Å². The molecular weight excluding hydrogens is 438 g/mol. The van der Waals surface area contributed by atoms with Crippen LogP contribution in [0.25, 0.3) is 10.2 Å². The zero-order valence-corrected chi connectivity index (χ0v) is 19.8. The molecule has 3 aromatic rings. The molecule has 2 amide bonds. The molecule has 0 radical (unpaired) electrons. The molecule has 0 bridgehead atoms. The second kappa shape index (κ2) is 9.70. The number of benzene rings is 2. The summed E-state index contributed by atoms with van der Waals surface area (Å²) >= 11 is 1.29. The number of nitrogens with zero attached hydrogens (tertiary/aromatic N) is 2. The number of rotatable bonds is 7. The smallest absolute Gasteiger partial charge is 0.338 e. The van der Waals surface area contributed by atoms with Crippen molar-refractivity contribution in [1.82, 2.24) is 4.98 Å². The second-order valence-electron chi connectivity index (χ2n) is 7.95. The maximum atomic E-state index is 13.0. The summed E-state index contributed by atoms with van der Waals surface area (Å²) in [5.74, 6) is -1.09. The Morgan fingerprint density at radius 2 is 1.88 bits per heavy atom. The van der Waals surface area contributed by atoms with Gasteiger partial charge in [-0.2, -0.15) is 0 Å². The molecule has 1 unspecified atom stereocenters. The molecule has 2 heterocycles. The standard InChI is InChI=1S/C25H27N3O4S/c1-4-15-8-7-9-16(5-2)22(15)28-14-18(13-21(28)29)23(30)27-25-26-19-11-10-17(12-20(19)33-25)24(31)32-6-3/h7-12,18H,4-6,13-14H2,1-3H3,(H,26,27,30). The fourth-order valence-electron chi connectivity index (χ4n) is 4.19. The first-order valence-corrected chi connectivity index (χ1v) is 12.1. The van der Waals surface area contributed by atoms with Crippen LogP contribution in [0.4, 0.5) is 10.8 Å². The molecule has 8 heteroatoms. The summed E-state index contributed by atoms with van der Waals surface area (Å²) in [6.45, 7) is 6.57. The van der Waals surface area contributed by atoms with E-state index in [0.29, 0.717) is 29.4 Å². The summed E-state index contributed by atoms with van der Waals surface area (Å²) < 4.78 is 5.83. The monoisotopic (exact) mass is 465 g/mol. The number of hydrogen-bond acceptors (Lipinski definition) is 6. The largest absolute Gasteiger partial charge is 0.462 e. The Kier molecular flexibility index (Phi) is 6.74. The molecule has 1 N–H and O–H groups in total. The summed E-state index contributed by atoms with van der Waals surface area (Å²) in [5.41, 5.74) is 4.33. The van der Waals surface area contributed by atoms with Crippen molar-refractivity contribution in [3.05, 3.63) is 53.1 Å². The predicted octanol–water partition coefficient (Wildman–Crippen LogP) is 4.59. The molecule has 172 valence electrons. The van der Waals surface area contributed by atoms with Gasteiger partial charge in [-0.25, -0.2) is 9.78 Å². The minimum absolute atomic E-state index is 0.0332. The molecule has 1 saturated heterocycles. The van der Waals surface area contributed by atoms with Gasteiger partial charge >= 0.3 is 5.97 Å². The Balaban J connectivity index is 1.50. The van der Waals surface area contributed by atoms with E-state index >= 15 is 0 Å². The first-order valence-electron chi connectivity index (χ1n) is 11.2. The van der Waals surface area contributed by atoms with Crippen LogP contribution in [0.2, 0.25) is 0 Å². The fraction of sp³-hybridized carbons (Fsp3) is 0.360. The van der Waals surface area contributed by atoms with Crippen molar-refractivity contribution in [3.63, 3.8) is 0 Å². The van der Waals surface area contributed by atoms with E-state index in [2.05, 4.69) is 24.1 Å². The van der Waals surface area contributed by atoms with Gasteiger partial charge in [-0.15, -0.1) is 0 Å². The zero-order chi connectivity index (χ0) is 23.5. The number of carbonyl (C=O) groups is 3. The molecule has 0 spiro atoms. The number of nitrogens with one attached hydrogen (secondary N) is 1. The van der Waals surface area contributed by atoms with Crippen LogP contribution in [0, 0.1) is 5.92 Å². The molecular formula is C25H27N3O4S. The van der Waals surface area contributed by atoms with Crippen molar-refractivity contribution in [2.45, 2.75) is 40.0 Å². The van der Waals surface area contributed by atoms with Crippen LogP contribution in [0.15, 0.2) is 36.4 Å². The van der Waals surface area contributed by atoms with E-state index in [1.165, 1.54) is 11.3 Å². The summed E-state index contributed by atoms with van der Waals surface area (Å²) in [5, 5.41) is 3.32. The number of thiazole rings is 1. The number of fused-ring (bicyclic) bond motifs is 1. The highest BCUT2D eigenvalue weighted by Gasteiger charge is 2.37. The van der Waals surface area contributed by atoms with E-state index in [1.807, 2.05) is 18.2 Å². The van der Waals surface area contributed by atoms with Gasteiger partial charge in [0, 0.05) is 18.7 Å². The van der Waals surface area contributed by atoms with Gasteiger partial charge in [0.2, 0.25) is 11.8 Å². The first kappa shape index (κ1) is 22.9. The number of hydrogen-bond donors (Lipinski definition) is 1. The van der Waals surface area contributed by atoms with E-state index < -0.39 is 5.92 Å². The molecule has 33 heavy (non-hydrogen) atoms. The number of aromatic nitrogens is 1. The number of para-hydroxylation sites is 1. The molecule has 1 aromatic heterocycles. The van der Waals surface area contributed by atoms with E-state index in [9.17, 15) is 14.4 Å². The van der Waals surface area contributed by atoms with Gasteiger partial charge in [0.15, 0.2) is 5.13 Å². The van der Waals surface area contributed by atoms with Crippen LogP contribution >= 0.6 is 11.3 Å². The van der Waals surface area contributed by atoms with Gasteiger partial charge in [0.25, 0.3) is 0 Å². The molecule has 0 aliphatic carbocycles. The molecule has 4 rings (SSSR count). The van der Waals surface area contributed by atoms with E-state index in [0.717, 1.165) is 34.4 Å². The molecule has 7 nitrogen and oxygen atoms in total. The van der Waals surface area contributed by atoms with Gasteiger partial charge in [-0.05, 0) is 49.1 Å². The molecule has 0 saturated carbocycles. The van der Waals surface area contributed by atoms with Crippen LogP contribution in [-0.4, -0.2) is 35.9 Å². The minimum Gasteiger partial charge on any atom is -0.462 e. The van der Waals surface area contributed by atoms with Crippen LogP contribution in [0.3, 0.4) is 0 Å². The topological polar surface area (TPSA) is 88.6 Å². The van der Waals surface area contributed by atoms with Gasteiger partial charge in [0.05, 0.1) is 28.3 Å². The normalized spacial score (nSPS) is 15.8. The Morgan fingerprint density at radius 1 is 1.15 bits per heavy atom. The Bertz CT molecular complexity index is 1200. The number of aryl methyl sites for hydroxylation is 2. The number of amides is 2. The summed E-state index contributed by atoms with van der Waals surface area (Å²) in [6, 6.07) is 11.2. The Morgan fingerprint density at radius 3 is 2.55 bits per heavy atom. The van der Waals surface area contributed by atoms with Crippen LogP contribution in [0.5, 0.6) is 0 Å². The van der Waals surface area contributed by atoms with E-state index in [4.69, 9.17) is 4.74 Å². The Labute approximate surface area is 196 Å². The Hall–Kier alpha value is -3.26. The zero-order valence-electron chi connectivity index (χ0n) is 19.0. The van der Waals surface area contributed by atoms with Crippen LogP contribution < -0.4 is 10.2 Å². The van der Waals surface area contributed by atoms with Gasteiger partial charge < -0.3 is 15.0 Å². The minimum atomic E-state index is -0.450. The lowest BCUT2D eigenvalue weighted by atomic mass is 10.0. The molecule has 1 aliphatic rings. The summed E-state index contributed by atoms with van der Waals surface area (Å²) in [6.07, 6.45) is 1.82. The number of ether oxygens (including phenoxy) is 1. The van der Waals surface area contributed by atoms with Gasteiger partial charge in [-0.1, -0.05) is 43.4 Å². The molecule has 1 aliphatic heterocycles. The average Bonchev–Trinajstić information content (AvgIpc) is 3.40. The van der Waals surface area contributed by atoms with Gasteiger partial charge in [0.1, 0.15) is 0 Å². The maximum Gasteiger partial charge on any atom is 0.338 e. The lowest BCUT2D eigenvalue weighted by Crippen LogP contribution is -2.29. The molecule has 1 fully saturated rings. The highest BCUT2D eigenvalue weighted by molar-refractivity contribution is 7.22. The van der Waals surface area contributed by atoms with Crippen molar-refractivity contribution in [2.75, 3.05) is 23.4 Å². The first-order chi connectivity index (χ1) is 15.9. The highest BCUT2D eigenvalue weighted by Crippen LogP contribution is 2.33. The number of esters is 1. The average molecular weight is 466 g/mol. The van der Waals surface area contributed by atoms with E-state index in [-0.39, 0.29) is 24.2 Å². The van der Waals surface area contributed by atoms with Crippen molar-refractivity contribution in [3.8, 4) is 0 Å². The SMILES string of the molecule is CCOC(=O)c1ccc2nc(NC(=O)C3CC(=O)N(c4c(CC)cccc4CC)C3)sc2c1. The summed E-state index contributed by atoms with van der Waals surface area (Å²) in [7, 11) is 0. The van der Waals surface area contributed by atoms with Crippen molar-refractivity contribution in [2.24, 2.45) is 5.92 Å². The quantitative estimate of drug-likeness (QED) is 0.516. The predicted molar refractivity (Wildman–Crippen MR) is 130 cm³/mol. The summed E-state index contributed by atoms with van der Waals surface area (Å²) in [4.78, 5) is 44.0. The third kappa shape index (κ3) is 4.61. The van der Waals surface area contributed by atoms with Crippen molar-refractivity contribution < 1.29 is 19.1 Å². The van der Waals surface area contributed by atoms with Crippen LogP contribution in [0.1, 0.15) is 48.7 Å². The molecule has 1 atom stereocenters. The fourth-order valence-corrected chi connectivity index (χ4v) is 5.10. The molecule has 2 aromatic carbocycles. The third-order valence-electron chi connectivity index (χ3n) is 5.86. The van der Waals surface area contributed by atoms with Crippen molar-refractivity contribution >= 4 is 50.2 Å². The number of carbonyl (C=O) groups excluding carboxylic acids is 3. The highest BCUT2D eigenvalue weighted by atomic mass is 32.1. The number of anilines is 2. The maximum absolute atomic E-state index is 13.0. The third-order valence-corrected chi connectivity index (χ3v) is 6.79. The van der Waals surface area contributed by atoms with E-state index in [1.54, 1.807) is 30.0 Å². The lowest BCUT2D eigenvalue weighted by Gasteiger charge is -2.23. The second-order valence-corrected chi connectivity index (χ2v) is 8.98.